The van der Waals surface area contributed by atoms with E-state index in [1.807, 2.05) is 6.07 Å². The highest BCUT2D eigenvalue weighted by atomic mass is 19.1. The summed E-state index contributed by atoms with van der Waals surface area (Å²) in [7, 11) is 1.74. The van der Waals surface area contributed by atoms with Crippen molar-refractivity contribution in [3.05, 3.63) is 47.5 Å². The van der Waals surface area contributed by atoms with Crippen molar-refractivity contribution < 1.29 is 13.5 Å². The first-order valence-corrected chi connectivity index (χ1v) is 7.27. The van der Waals surface area contributed by atoms with E-state index in [1.54, 1.807) is 19.2 Å². The molecular weight excluding hydrogens is 258 g/mol. The Labute approximate surface area is 119 Å². The van der Waals surface area contributed by atoms with Gasteiger partial charge in [-0.3, -0.25) is 0 Å². The third-order valence-corrected chi connectivity index (χ3v) is 4.22. The zero-order valence-corrected chi connectivity index (χ0v) is 11.9. The Bertz CT molecular complexity index is 448. The van der Waals surface area contributed by atoms with Crippen LogP contribution in [-0.2, 0) is 11.2 Å². The van der Waals surface area contributed by atoms with Gasteiger partial charge in [-0.05, 0) is 61.1 Å². The van der Waals surface area contributed by atoms with Gasteiger partial charge in [0.15, 0.2) is 0 Å². The first kappa shape index (κ1) is 15.2. The molecule has 0 spiro atoms. The quantitative estimate of drug-likeness (QED) is 0.754. The van der Waals surface area contributed by atoms with Crippen LogP contribution in [0.5, 0.6) is 0 Å². The van der Waals surface area contributed by atoms with E-state index in [-0.39, 0.29) is 5.82 Å². The molecular formula is C17H22F2O. The molecule has 0 heterocycles. The maximum atomic E-state index is 13.9. The first-order valence-electron chi connectivity index (χ1n) is 7.27. The number of ether oxygens (including phenoxy) is 1. The van der Waals surface area contributed by atoms with Gasteiger partial charge < -0.3 is 4.74 Å². The van der Waals surface area contributed by atoms with Gasteiger partial charge in [-0.15, -0.1) is 0 Å². The number of hydrogen-bond donors (Lipinski definition) is 0. The molecule has 0 N–H and O–H groups in total. The van der Waals surface area contributed by atoms with Crippen LogP contribution >= 0.6 is 0 Å². The molecule has 1 nitrogen and oxygen atoms in total. The average Bonchev–Trinajstić information content (AvgIpc) is 2.47. The van der Waals surface area contributed by atoms with Gasteiger partial charge in [-0.2, -0.15) is 0 Å². The van der Waals surface area contributed by atoms with Crippen molar-refractivity contribution in [1.29, 1.82) is 0 Å². The fraction of sp³-hybridized carbons (Fsp3) is 0.529. The summed E-state index contributed by atoms with van der Waals surface area (Å²) in [5, 5.41) is 0. The molecule has 1 aliphatic rings. The van der Waals surface area contributed by atoms with E-state index in [2.05, 4.69) is 0 Å². The lowest BCUT2D eigenvalue weighted by molar-refractivity contribution is 0.127. The van der Waals surface area contributed by atoms with Crippen molar-refractivity contribution in [2.75, 3.05) is 13.7 Å². The summed E-state index contributed by atoms with van der Waals surface area (Å²) >= 11 is 0. The van der Waals surface area contributed by atoms with E-state index in [9.17, 15) is 8.78 Å². The third-order valence-electron chi connectivity index (χ3n) is 4.22. The highest BCUT2D eigenvalue weighted by Gasteiger charge is 2.22. The van der Waals surface area contributed by atoms with Crippen LogP contribution in [0, 0.1) is 11.7 Å². The first-order chi connectivity index (χ1) is 9.74. The van der Waals surface area contributed by atoms with Crippen LogP contribution in [0.1, 0.15) is 42.7 Å². The second-order valence-electron chi connectivity index (χ2n) is 5.59. The van der Waals surface area contributed by atoms with Crippen molar-refractivity contribution in [3.63, 3.8) is 0 Å². The second kappa shape index (κ2) is 7.53. The summed E-state index contributed by atoms with van der Waals surface area (Å²) in [5.41, 5.74) is 1.63. The predicted octanol–water partition coefficient (Wildman–Crippen LogP) is 4.77. The summed E-state index contributed by atoms with van der Waals surface area (Å²) in [4.78, 5) is 0. The van der Waals surface area contributed by atoms with Gasteiger partial charge in [0.2, 0.25) is 0 Å². The molecule has 0 saturated heterocycles. The summed E-state index contributed by atoms with van der Waals surface area (Å²) in [6.45, 7) is 0.829. The molecule has 0 bridgehead atoms. The van der Waals surface area contributed by atoms with Crippen LogP contribution in [0.2, 0.25) is 0 Å². The maximum Gasteiger partial charge on any atom is 0.126 e. The number of methoxy groups -OCH3 is 1. The van der Waals surface area contributed by atoms with Crippen molar-refractivity contribution in [3.8, 4) is 0 Å². The lowest BCUT2D eigenvalue weighted by atomic mass is 9.79. The number of rotatable bonds is 5. The zero-order chi connectivity index (χ0) is 14.4. The van der Waals surface area contributed by atoms with Gasteiger partial charge in [-0.1, -0.05) is 18.2 Å². The minimum atomic E-state index is -0.223. The standard InChI is InChI=1S/C17H22F2O/c1-20-12-13-4-6-14(7-5-13)16-9-8-15(3-2-10-18)17(19)11-16/h2,8-11,13-14H,3-7,12H2,1H3/b10-2+/t13-,14-. The SMILES string of the molecule is COC[C@H]1CC[C@H](c2ccc(C/C=C/F)c(F)c2)CC1. The van der Waals surface area contributed by atoms with Crippen LogP contribution in [0.25, 0.3) is 0 Å². The zero-order valence-electron chi connectivity index (χ0n) is 11.9. The topological polar surface area (TPSA) is 9.23 Å². The van der Waals surface area contributed by atoms with Crippen LogP contribution in [-0.4, -0.2) is 13.7 Å². The van der Waals surface area contributed by atoms with Gasteiger partial charge >= 0.3 is 0 Å². The summed E-state index contributed by atoms with van der Waals surface area (Å²) in [5.74, 6) is 0.873. The lowest BCUT2D eigenvalue weighted by Gasteiger charge is -2.28. The Morgan fingerprint density at radius 1 is 1.25 bits per heavy atom. The molecule has 1 aromatic carbocycles. The third kappa shape index (κ3) is 3.89. The molecule has 110 valence electrons. The molecule has 3 heteroatoms. The van der Waals surface area contributed by atoms with Gasteiger partial charge in [0, 0.05) is 13.7 Å². The van der Waals surface area contributed by atoms with Crippen LogP contribution in [0.3, 0.4) is 0 Å². The summed E-state index contributed by atoms with van der Waals surface area (Å²) < 4.78 is 31.1. The van der Waals surface area contributed by atoms with Crippen molar-refractivity contribution in [1.82, 2.24) is 0 Å². The lowest BCUT2D eigenvalue weighted by Crippen LogP contribution is -2.17. The second-order valence-corrected chi connectivity index (χ2v) is 5.59. The molecule has 0 aliphatic heterocycles. The minimum Gasteiger partial charge on any atom is -0.384 e. The summed E-state index contributed by atoms with van der Waals surface area (Å²) in [6, 6.07) is 5.40. The van der Waals surface area contributed by atoms with Gasteiger partial charge in [0.25, 0.3) is 0 Å². The predicted molar refractivity (Wildman–Crippen MR) is 76.9 cm³/mol. The number of allylic oxidation sites excluding steroid dienone is 1. The fourth-order valence-electron chi connectivity index (χ4n) is 3.05. The Morgan fingerprint density at radius 3 is 2.60 bits per heavy atom. The molecule has 20 heavy (non-hydrogen) atoms. The van der Waals surface area contributed by atoms with Gasteiger partial charge in [-0.25, -0.2) is 8.78 Å². The number of halogens is 2. The van der Waals surface area contributed by atoms with Crippen LogP contribution < -0.4 is 0 Å². The largest absolute Gasteiger partial charge is 0.384 e. The van der Waals surface area contributed by atoms with E-state index in [0.29, 0.717) is 30.1 Å². The van der Waals surface area contributed by atoms with Crippen LogP contribution in [0.15, 0.2) is 30.6 Å². The normalized spacial score (nSPS) is 23.4. The molecule has 2 rings (SSSR count). The summed E-state index contributed by atoms with van der Waals surface area (Å²) in [6.07, 6.45) is 6.58. The molecule has 0 atom stereocenters. The van der Waals surface area contributed by atoms with E-state index in [1.165, 1.54) is 6.08 Å². The minimum absolute atomic E-state index is 0.223. The van der Waals surface area contributed by atoms with Gasteiger partial charge in [0.1, 0.15) is 5.82 Å². The van der Waals surface area contributed by atoms with Gasteiger partial charge in [0.05, 0.1) is 6.33 Å². The molecule has 1 fully saturated rings. The fourth-order valence-corrected chi connectivity index (χ4v) is 3.05. The highest BCUT2D eigenvalue weighted by molar-refractivity contribution is 5.28. The molecule has 0 aromatic heterocycles. The molecule has 0 radical (unpaired) electrons. The van der Waals surface area contributed by atoms with Crippen molar-refractivity contribution in [2.45, 2.75) is 38.0 Å². The molecule has 0 unspecified atom stereocenters. The Kier molecular flexibility index (Phi) is 5.72. The molecule has 1 aromatic rings. The van der Waals surface area contributed by atoms with E-state index < -0.39 is 0 Å². The number of hydrogen-bond acceptors (Lipinski definition) is 1. The van der Waals surface area contributed by atoms with Crippen LogP contribution in [0.4, 0.5) is 8.78 Å². The van der Waals surface area contributed by atoms with E-state index in [4.69, 9.17) is 4.74 Å². The van der Waals surface area contributed by atoms with E-state index >= 15 is 0 Å². The smallest absolute Gasteiger partial charge is 0.126 e. The maximum absolute atomic E-state index is 13.9. The Balaban J connectivity index is 1.98. The van der Waals surface area contributed by atoms with Crippen molar-refractivity contribution in [2.24, 2.45) is 5.92 Å². The molecule has 1 saturated carbocycles. The Morgan fingerprint density at radius 2 is 2.00 bits per heavy atom. The Hall–Kier alpha value is -1.22. The monoisotopic (exact) mass is 280 g/mol. The highest BCUT2D eigenvalue weighted by Crippen LogP contribution is 2.36. The van der Waals surface area contributed by atoms with E-state index in [0.717, 1.165) is 37.9 Å². The molecule has 1 aliphatic carbocycles. The number of benzene rings is 1. The molecule has 0 amide bonds. The van der Waals surface area contributed by atoms with Crippen molar-refractivity contribution >= 4 is 0 Å². The average molecular weight is 280 g/mol.